The first-order valence-corrected chi connectivity index (χ1v) is 10.6. The Bertz CT molecular complexity index is 1250. The SMILES string of the molecule is O=C1CC(Nc2ccc(CCNc3ncnc4ccsc34)cc2)=Nc2ccccc21. The zero-order chi connectivity index (χ0) is 20.3. The molecule has 0 saturated carbocycles. The summed E-state index contributed by atoms with van der Waals surface area (Å²) in [4.78, 5) is 25.5. The number of anilines is 2. The molecule has 0 atom stereocenters. The number of amidine groups is 1. The fourth-order valence-electron chi connectivity index (χ4n) is 3.47. The van der Waals surface area contributed by atoms with Crippen molar-refractivity contribution in [1.82, 2.24) is 9.97 Å². The van der Waals surface area contributed by atoms with Gasteiger partial charge in [-0.3, -0.25) is 4.79 Å². The molecule has 1 aliphatic heterocycles. The summed E-state index contributed by atoms with van der Waals surface area (Å²) >= 11 is 1.64. The fourth-order valence-corrected chi connectivity index (χ4v) is 4.28. The lowest BCUT2D eigenvalue weighted by Crippen LogP contribution is -2.20. The second-order valence-corrected chi connectivity index (χ2v) is 7.95. The second kappa shape index (κ2) is 8.04. The van der Waals surface area contributed by atoms with Crippen LogP contribution in [0.15, 0.2) is 71.3 Å². The maximum Gasteiger partial charge on any atom is 0.172 e. The van der Waals surface area contributed by atoms with E-state index in [9.17, 15) is 4.79 Å². The molecular formula is C23H19N5OS. The first kappa shape index (κ1) is 18.4. The number of hydrogen-bond acceptors (Lipinski definition) is 7. The predicted molar refractivity (Wildman–Crippen MR) is 122 cm³/mol. The van der Waals surface area contributed by atoms with Crippen LogP contribution in [0.4, 0.5) is 17.2 Å². The van der Waals surface area contributed by atoms with Gasteiger partial charge in [0.1, 0.15) is 18.0 Å². The Morgan fingerprint density at radius 1 is 1.00 bits per heavy atom. The van der Waals surface area contributed by atoms with E-state index in [0.29, 0.717) is 17.8 Å². The lowest BCUT2D eigenvalue weighted by Gasteiger charge is -2.16. The quantitative estimate of drug-likeness (QED) is 0.477. The number of para-hydroxylation sites is 1. The molecule has 30 heavy (non-hydrogen) atoms. The lowest BCUT2D eigenvalue weighted by atomic mass is 10.0. The highest BCUT2D eigenvalue weighted by Crippen LogP contribution is 2.26. The molecule has 0 aliphatic carbocycles. The number of Topliss-reactive ketones (excluding diaryl/α,β-unsaturated/α-hetero) is 1. The number of fused-ring (bicyclic) bond motifs is 2. The summed E-state index contributed by atoms with van der Waals surface area (Å²) < 4.78 is 1.08. The molecule has 5 rings (SSSR count). The summed E-state index contributed by atoms with van der Waals surface area (Å²) in [7, 11) is 0. The molecule has 2 aromatic heterocycles. The van der Waals surface area contributed by atoms with Crippen molar-refractivity contribution in [2.75, 3.05) is 17.2 Å². The van der Waals surface area contributed by atoms with Crippen LogP contribution in [0.3, 0.4) is 0 Å². The zero-order valence-corrected chi connectivity index (χ0v) is 16.9. The predicted octanol–water partition coefficient (Wildman–Crippen LogP) is 5.07. The van der Waals surface area contributed by atoms with Gasteiger partial charge in [-0.15, -0.1) is 11.3 Å². The van der Waals surface area contributed by atoms with Crippen LogP contribution in [-0.2, 0) is 6.42 Å². The molecule has 0 amide bonds. The van der Waals surface area contributed by atoms with Crippen LogP contribution in [-0.4, -0.2) is 28.1 Å². The summed E-state index contributed by atoms with van der Waals surface area (Å²) in [6, 6.07) is 17.7. The number of hydrogen-bond donors (Lipinski definition) is 2. The third kappa shape index (κ3) is 3.79. The third-order valence-electron chi connectivity index (χ3n) is 4.98. The van der Waals surface area contributed by atoms with Crippen LogP contribution < -0.4 is 10.6 Å². The number of benzene rings is 2. The molecule has 2 aromatic carbocycles. The highest BCUT2D eigenvalue weighted by Gasteiger charge is 2.19. The van der Waals surface area contributed by atoms with Gasteiger partial charge < -0.3 is 10.6 Å². The molecule has 0 bridgehead atoms. The van der Waals surface area contributed by atoms with Crippen molar-refractivity contribution in [1.29, 1.82) is 0 Å². The van der Waals surface area contributed by atoms with Gasteiger partial charge in [-0.05, 0) is 47.7 Å². The molecule has 2 N–H and O–H groups in total. The third-order valence-corrected chi connectivity index (χ3v) is 5.89. The van der Waals surface area contributed by atoms with E-state index in [1.165, 1.54) is 5.56 Å². The Hall–Kier alpha value is -3.58. The summed E-state index contributed by atoms with van der Waals surface area (Å²) in [5.41, 5.74) is 4.53. The number of rotatable bonds is 5. The molecule has 6 nitrogen and oxygen atoms in total. The average molecular weight is 414 g/mol. The minimum Gasteiger partial charge on any atom is -0.368 e. The van der Waals surface area contributed by atoms with E-state index in [0.717, 1.165) is 40.4 Å². The van der Waals surface area contributed by atoms with Gasteiger partial charge in [0.25, 0.3) is 0 Å². The molecular weight excluding hydrogens is 394 g/mol. The number of aliphatic imine (C=N–C) groups is 1. The van der Waals surface area contributed by atoms with Gasteiger partial charge in [-0.2, -0.15) is 0 Å². The number of aromatic nitrogens is 2. The van der Waals surface area contributed by atoms with E-state index >= 15 is 0 Å². The van der Waals surface area contributed by atoms with E-state index in [2.05, 4.69) is 37.7 Å². The van der Waals surface area contributed by atoms with Gasteiger partial charge in [0.2, 0.25) is 0 Å². The lowest BCUT2D eigenvalue weighted by molar-refractivity contribution is 0.1000. The second-order valence-electron chi connectivity index (χ2n) is 7.03. The van der Waals surface area contributed by atoms with Gasteiger partial charge in [0, 0.05) is 17.8 Å². The van der Waals surface area contributed by atoms with Crippen LogP contribution in [0, 0.1) is 0 Å². The highest BCUT2D eigenvalue weighted by atomic mass is 32.1. The maximum absolute atomic E-state index is 12.3. The van der Waals surface area contributed by atoms with Gasteiger partial charge in [0.05, 0.1) is 22.3 Å². The van der Waals surface area contributed by atoms with Crippen molar-refractivity contribution in [3.8, 4) is 0 Å². The van der Waals surface area contributed by atoms with Gasteiger partial charge in [-0.25, -0.2) is 15.0 Å². The van der Waals surface area contributed by atoms with Gasteiger partial charge in [-0.1, -0.05) is 24.3 Å². The van der Waals surface area contributed by atoms with Crippen LogP contribution in [0.5, 0.6) is 0 Å². The Labute approximate surface area is 177 Å². The number of nitrogens with zero attached hydrogens (tertiary/aromatic N) is 3. The Morgan fingerprint density at radius 3 is 2.77 bits per heavy atom. The van der Waals surface area contributed by atoms with Gasteiger partial charge >= 0.3 is 0 Å². The Balaban J connectivity index is 1.21. The summed E-state index contributed by atoms with van der Waals surface area (Å²) in [6.07, 6.45) is 2.76. The van der Waals surface area contributed by atoms with Crippen molar-refractivity contribution >= 4 is 50.4 Å². The van der Waals surface area contributed by atoms with Crippen LogP contribution >= 0.6 is 11.3 Å². The van der Waals surface area contributed by atoms with Crippen LogP contribution in [0.25, 0.3) is 10.2 Å². The van der Waals surface area contributed by atoms with E-state index in [4.69, 9.17) is 0 Å². The number of thiophene rings is 1. The van der Waals surface area contributed by atoms with E-state index in [1.54, 1.807) is 17.7 Å². The van der Waals surface area contributed by atoms with Crippen molar-refractivity contribution in [2.24, 2.45) is 4.99 Å². The molecule has 0 unspecified atom stereocenters. The first-order chi connectivity index (χ1) is 14.8. The number of carbonyl (C=O) groups is 1. The topological polar surface area (TPSA) is 79.3 Å². The minimum atomic E-state index is 0.0929. The summed E-state index contributed by atoms with van der Waals surface area (Å²) in [5, 5.41) is 8.71. The molecule has 148 valence electrons. The van der Waals surface area contributed by atoms with Crippen molar-refractivity contribution in [3.05, 3.63) is 77.4 Å². The van der Waals surface area contributed by atoms with Crippen LogP contribution in [0.1, 0.15) is 22.3 Å². The molecule has 7 heteroatoms. The van der Waals surface area contributed by atoms with E-state index < -0.39 is 0 Å². The van der Waals surface area contributed by atoms with Crippen LogP contribution in [0.2, 0.25) is 0 Å². The Morgan fingerprint density at radius 2 is 1.87 bits per heavy atom. The Kier molecular flexibility index (Phi) is 4.94. The molecule has 0 saturated heterocycles. The molecule has 3 heterocycles. The van der Waals surface area contributed by atoms with E-state index in [-0.39, 0.29) is 5.78 Å². The monoisotopic (exact) mass is 413 g/mol. The van der Waals surface area contributed by atoms with Gasteiger partial charge in [0.15, 0.2) is 5.78 Å². The fraction of sp³-hybridized carbons (Fsp3) is 0.130. The summed E-state index contributed by atoms with van der Waals surface area (Å²) in [6.45, 7) is 0.786. The smallest absolute Gasteiger partial charge is 0.172 e. The number of carbonyl (C=O) groups excluding carboxylic acids is 1. The zero-order valence-electron chi connectivity index (χ0n) is 16.1. The largest absolute Gasteiger partial charge is 0.368 e. The number of ketones is 1. The van der Waals surface area contributed by atoms with Crippen molar-refractivity contribution < 1.29 is 4.79 Å². The highest BCUT2D eigenvalue weighted by molar-refractivity contribution is 7.17. The molecule has 0 spiro atoms. The van der Waals surface area contributed by atoms with Crippen molar-refractivity contribution in [3.63, 3.8) is 0 Å². The van der Waals surface area contributed by atoms with Crippen molar-refractivity contribution in [2.45, 2.75) is 12.8 Å². The molecule has 0 fully saturated rings. The molecule has 0 radical (unpaired) electrons. The number of nitrogens with one attached hydrogen (secondary N) is 2. The standard InChI is InChI=1S/C23H19N5OS/c29-20-13-21(28-18-4-2-1-3-17(18)20)27-16-7-5-15(6-8-16)9-11-24-23-22-19(10-12-30-22)25-14-26-23/h1-8,10,12,14H,9,11,13H2,(H,27,28)(H,24,25,26). The average Bonchev–Trinajstić information content (AvgIpc) is 3.25. The maximum atomic E-state index is 12.3. The summed E-state index contributed by atoms with van der Waals surface area (Å²) in [5.74, 6) is 1.65. The molecule has 4 aromatic rings. The first-order valence-electron chi connectivity index (χ1n) is 9.74. The van der Waals surface area contributed by atoms with E-state index in [1.807, 2.05) is 47.8 Å². The molecule has 1 aliphatic rings. The normalized spacial score (nSPS) is 13.1. The minimum absolute atomic E-state index is 0.0929.